The van der Waals surface area contributed by atoms with Gasteiger partial charge in [-0.05, 0) is 55.2 Å². The van der Waals surface area contributed by atoms with E-state index in [9.17, 15) is 9.59 Å². The smallest absolute Gasteiger partial charge is 0.226 e. The summed E-state index contributed by atoms with van der Waals surface area (Å²) >= 11 is 6.00. The normalized spacial score (nSPS) is 17.9. The first kappa shape index (κ1) is 24.6. The minimum Gasteiger partial charge on any atom is -0.493 e. The fraction of sp³-hybridized carbons (Fsp3) is 0.481. The first-order chi connectivity index (χ1) is 16.4. The molecule has 0 aliphatic carbocycles. The number of hydrogen-bond acceptors (Lipinski definition) is 4. The highest BCUT2D eigenvalue weighted by Gasteiger charge is 2.40. The van der Waals surface area contributed by atoms with E-state index in [0.717, 1.165) is 29.7 Å². The molecular weight excluding hydrogens is 452 g/mol. The summed E-state index contributed by atoms with van der Waals surface area (Å²) in [5.41, 5.74) is 1.89. The van der Waals surface area contributed by atoms with E-state index in [2.05, 4.69) is 0 Å². The molecular formula is C27H33ClN2O4. The number of aryl methyl sites for hydroxylation is 1. The van der Waals surface area contributed by atoms with Gasteiger partial charge in [-0.3, -0.25) is 9.59 Å². The predicted molar refractivity (Wildman–Crippen MR) is 132 cm³/mol. The maximum Gasteiger partial charge on any atom is 0.226 e. The largest absolute Gasteiger partial charge is 0.493 e. The average molecular weight is 485 g/mol. The van der Waals surface area contributed by atoms with E-state index in [-0.39, 0.29) is 17.2 Å². The van der Waals surface area contributed by atoms with E-state index in [4.69, 9.17) is 21.1 Å². The number of nitrogens with zero attached hydrogens (tertiary/aromatic N) is 2. The molecule has 4 rings (SSSR count). The van der Waals surface area contributed by atoms with Crippen molar-refractivity contribution in [2.24, 2.45) is 5.41 Å². The maximum absolute atomic E-state index is 13.1. The number of rotatable bonds is 7. The number of likely N-dealkylation sites (tertiary alicyclic amines) is 1. The summed E-state index contributed by atoms with van der Waals surface area (Å²) in [4.78, 5) is 30.0. The van der Waals surface area contributed by atoms with Gasteiger partial charge in [0, 0.05) is 43.0 Å². The second-order valence-corrected chi connectivity index (χ2v) is 9.83. The lowest BCUT2D eigenvalue weighted by Crippen LogP contribution is -2.49. The molecule has 34 heavy (non-hydrogen) atoms. The van der Waals surface area contributed by atoms with Crippen molar-refractivity contribution in [3.05, 3.63) is 64.7 Å². The third-order valence-electron chi connectivity index (χ3n) is 7.03. The second-order valence-electron chi connectivity index (χ2n) is 9.40. The molecule has 2 aromatic rings. The van der Waals surface area contributed by atoms with E-state index in [1.54, 1.807) is 12.1 Å². The van der Waals surface area contributed by atoms with E-state index in [0.29, 0.717) is 63.9 Å². The van der Waals surface area contributed by atoms with Gasteiger partial charge in [0.25, 0.3) is 0 Å². The number of ether oxygens (including phenoxy) is 2. The van der Waals surface area contributed by atoms with Crippen molar-refractivity contribution in [1.82, 2.24) is 9.80 Å². The second kappa shape index (κ2) is 11.2. The molecule has 0 bridgehead atoms. The van der Waals surface area contributed by atoms with Crippen LogP contribution in [0.25, 0.3) is 0 Å². The molecule has 0 atom stereocenters. The number of amides is 2. The van der Waals surface area contributed by atoms with Gasteiger partial charge in [0.1, 0.15) is 5.75 Å². The van der Waals surface area contributed by atoms with Crippen molar-refractivity contribution >= 4 is 23.4 Å². The van der Waals surface area contributed by atoms with Crippen LogP contribution >= 0.6 is 11.6 Å². The molecule has 0 aromatic heterocycles. The third kappa shape index (κ3) is 6.30. The van der Waals surface area contributed by atoms with Gasteiger partial charge in [0.15, 0.2) is 0 Å². The molecule has 0 spiro atoms. The summed E-state index contributed by atoms with van der Waals surface area (Å²) in [5.74, 6) is 1.02. The van der Waals surface area contributed by atoms with E-state index < -0.39 is 0 Å². The molecule has 6 nitrogen and oxygen atoms in total. The third-order valence-corrected chi connectivity index (χ3v) is 7.28. The van der Waals surface area contributed by atoms with Crippen molar-refractivity contribution in [3.63, 3.8) is 0 Å². The zero-order valence-electron chi connectivity index (χ0n) is 19.8. The quantitative estimate of drug-likeness (QED) is 0.593. The lowest BCUT2D eigenvalue weighted by atomic mass is 9.75. The van der Waals surface area contributed by atoms with Crippen LogP contribution in [0.5, 0.6) is 5.75 Å². The van der Waals surface area contributed by atoms with Crippen LogP contribution in [0.4, 0.5) is 0 Å². The Morgan fingerprint density at radius 2 is 1.59 bits per heavy atom. The molecule has 2 amide bonds. The fourth-order valence-corrected chi connectivity index (χ4v) is 4.82. The lowest BCUT2D eigenvalue weighted by Gasteiger charge is -2.42. The van der Waals surface area contributed by atoms with Gasteiger partial charge in [0.05, 0.1) is 26.2 Å². The molecule has 2 fully saturated rings. The predicted octanol–water partition coefficient (Wildman–Crippen LogP) is 4.13. The summed E-state index contributed by atoms with van der Waals surface area (Å²) in [6.45, 7) is 6.17. The zero-order chi connectivity index (χ0) is 24.0. The number of piperidine rings is 1. The van der Waals surface area contributed by atoms with Gasteiger partial charge in [0.2, 0.25) is 11.8 Å². The molecule has 0 N–H and O–H groups in total. The topological polar surface area (TPSA) is 59.1 Å². The van der Waals surface area contributed by atoms with Crippen LogP contribution in [0.1, 0.15) is 30.4 Å². The summed E-state index contributed by atoms with van der Waals surface area (Å²) in [7, 11) is 0. The van der Waals surface area contributed by atoms with Gasteiger partial charge in [-0.1, -0.05) is 35.9 Å². The van der Waals surface area contributed by atoms with Crippen LogP contribution < -0.4 is 4.74 Å². The Kier molecular flexibility index (Phi) is 8.11. The minimum absolute atomic E-state index is 0.140. The SMILES string of the molecule is Cc1ccccc1CC(=O)N1CCC(COc2ccc(Cl)cc2)(CC(=O)N2CCOCC2)CC1. The minimum atomic E-state index is -0.311. The number of hydrogen-bond donors (Lipinski definition) is 0. The van der Waals surface area contributed by atoms with Crippen molar-refractivity contribution < 1.29 is 19.1 Å². The standard InChI is InChI=1S/C27H33ClN2O4/c1-21-4-2-3-5-22(21)18-25(31)29-12-10-27(11-13-29,19-26(32)30-14-16-33-17-15-30)20-34-24-8-6-23(28)7-9-24/h2-9H,10-20H2,1H3. The van der Waals surface area contributed by atoms with Crippen LogP contribution in [-0.4, -0.2) is 67.6 Å². The van der Waals surface area contributed by atoms with Gasteiger partial charge in [-0.25, -0.2) is 0 Å². The molecule has 0 unspecified atom stereocenters. The van der Waals surface area contributed by atoms with Crippen molar-refractivity contribution in [2.45, 2.75) is 32.6 Å². The highest BCUT2D eigenvalue weighted by molar-refractivity contribution is 6.30. The molecule has 2 aliphatic rings. The van der Waals surface area contributed by atoms with E-state index >= 15 is 0 Å². The number of benzene rings is 2. The first-order valence-corrected chi connectivity index (χ1v) is 12.4. The number of carbonyl (C=O) groups excluding carboxylic acids is 2. The number of carbonyl (C=O) groups is 2. The number of morpholine rings is 1. The van der Waals surface area contributed by atoms with E-state index in [1.165, 1.54) is 0 Å². The first-order valence-electron chi connectivity index (χ1n) is 12.0. The molecule has 2 saturated heterocycles. The molecule has 2 aliphatic heterocycles. The Morgan fingerprint density at radius 3 is 2.26 bits per heavy atom. The molecule has 7 heteroatoms. The summed E-state index contributed by atoms with van der Waals surface area (Å²) in [6.07, 6.45) is 2.29. The fourth-order valence-electron chi connectivity index (χ4n) is 4.70. The van der Waals surface area contributed by atoms with Gasteiger partial charge >= 0.3 is 0 Å². The lowest BCUT2D eigenvalue weighted by molar-refractivity contribution is -0.140. The van der Waals surface area contributed by atoms with E-state index in [1.807, 2.05) is 53.1 Å². The highest BCUT2D eigenvalue weighted by atomic mass is 35.5. The zero-order valence-corrected chi connectivity index (χ0v) is 20.6. The van der Waals surface area contributed by atoms with Crippen molar-refractivity contribution in [2.75, 3.05) is 46.0 Å². The molecule has 2 heterocycles. The summed E-state index contributed by atoms with van der Waals surface area (Å²) in [5, 5.41) is 0.657. The van der Waals surface area contributed by atoms with Crippen LogP contribution in [0.15, 0.2) is 48.5 Å². The Bertz CT molecular complexity index is 980. The molecule has 0 saturated carbocycles. The van der Waals surface area contributed by atoms with Crippen LogP contribution in [0.3, 0.4) is 0 Å². The van der Waals surface area contributed by atoms with Gasteiger partial charge < -0.3 is 19.3 Å². The summed E-state index contributed by atoms with van der Waals surface area (Å²) in [6, 6.07) is 15.3. The van der Waals surface area contributed by atoms with Crippen molar-refractivity contribution in [3.8, 4) is 5.75 Å². The van der Waals surface area contributed by atoms with Crippen LogP contribution in [0.2, 0.25) is 5.02 Å². The van der Waals surface area contributed by atoms with Gasteiger partial charge in [-0.2, -0.15) is 0 Å². The average Bonchev–Trinajstić information content (AvgIpc) is 2.86. The molecule has 2 aromatic carbocycles. The highest BCUT2D eigenvalue weighted by Crippen LogP contribution is 2.37. The number of halogens is 1. The maximum atomic E-state index is 13.1. The Balaban J connectivity index is 1.41. The van der Waals surface area contributed by atoms with Crippen molar-refractivity contribution in [1.29, 1.82) is 0 Å². The Hall–Kier alpha value is -2.57. The molecule has 182 valence electrons. The summed E-state index contributed by atoms with van der Waals surface area (Å²) < 4.78 is 11.5. The Labute approximate surface area is 206 Å². The van der Waals surface area contributed by atoms with Gasteiger partial charge in [-0.15, -0.1) is 0 Å². The Morgan fingerprint density at radius 1 is 0.941 bits per heavy atom. The van der Waals surface area contributed by atoms with Crippen LogP contribution in [-0.2, 0) is 20.7 Å². The monoisotopic (exact) mass is 484 g/mol. The van der Waals surface area contributed by atoms with Crippen LogP contribution in [0, 0.1) is 12.3 Å². The molecule has 0 radical (unpaired) electrons.